The summed E-state index contributed by atoms with van der Waals surface area (Å²) in [6.45, 7) is 2.39. The van der Waals surface area contributed by atoms with E-state index in [1.165, 1.54) is 11.8 Å². The Hall–Kier alpha value is -1.58. The number of hydrogen-bond donors (Lipinski definition) is 4. The number of nitrogens with one attached hydrogen (secondary N) is 2. The molecule has 0 bridgehead atoms. The zero-order chi connectivity index (χ0) is 20.5. The number of fused-ring (bicyclic) bond motifs is 1. The first-order chi connectivity index (χ1) is 13.9. The van der Waals surface area contributed by atoms with Crippen LogP contribution in [0.2, 0.25) is 5.02 Å². The number of benzene rings is 1. The van der Waals surface area contributed by atoms with Crippen LogP contribution in [0, 0.1) is 12.8 Å². The lowest BCUT2D eigenvalue weighted by molar-refractivity contribution is -0.129. The van der Waals surface area contributed by atoms with E-state index in [4.69, 9.17) is 11.6 Å². The molecule has 0 unspecified atom stereocenters. The predicted molar refractivity (Wildman–Crippen MR) is 119 cm³/mol. The first-order valence-electron chi connectivity index (χ1n) is 9.36. The molecule has 1 fully saturated rings. The van der Waals surface area contributed by atoms with Crippen molar-refractivity contribution in [1.29, 1.82) is 0 Å². The Kier molecular flexibility index (Phi) is 6.17. The highest BCUT2D eigenvalue weighted by atomic mass is 35.5. The average Bonchev–Trinajstić information content (AvgIpc) is 3.36. The van der Waals surface area contributed by atoms with Crippen molar-refractivity contribution in [3.8, 4) is 0 Å². The van der Waals surface area contributed by atoms with Crippen molar-refractivity contribution in [1.82, 2.24) is 5.32 Å². The highest BCUT2D eigenvalue weighted by molar-refractivity contribution is 8.15. The van der Waals surface area contributed by atoms with Gasteiger partial charge >= 0.3 is 0 Å². The van der Waals surface area contributed by atoms with Crippen LogP contribution in [0.5, 0.6) is 0 Å². The first kappa shape index (κ1) is 20.7. The molecule has 5 atom stereocenters. The van der Waals surface area contributed by atoms with E-state index in [0.717, 1.165) is 16.1 Å². The van der Waals surface area contributed by atoms with E-state index in [1.54, 1.807) is 11.3 Å². The molecule has 154 valence electrons. The van der Waals surface area contributed by atoms with Gasteiger partial charge < -0.3 is 20.8 Å². The second-order valence-corrected chi connectivity index (χ2v) is 9.90. The van der Waals surface area contributed by atoms with Crippen LogP contribution >= 0.6 is 34.7 Å². The fourth-order valence-corrected chi connectivity index (χ4v) is 5.82. The Morgan fingerprint density at radius 3 is 2.90 bits per heavy atom. The third-order valence-electron chi connectivity index (χ3n) is 5.26. The van der Waals surface area contributed by atoms with Gasteiger partial charge in [0, 0.05) is 20.8 Å². The fraction of sp³-hybridized carbons (Fsp3) is 0.400. The van der Waals surface area contributed by atoms with Gasteiger partial charge in [0.15, 0.2) is 5.17 Å². The van der Waals surface area contributed by atoms with Crippen LogP contribution in [0.25, 0.3) is 0 Å². The third-order valence-corrected chi connectivity index (χ3v) is 7.86. The topological polar surface area (TPSA) is 94.0 Å². The van der Waals surface area contributed by atoms with Crippen LogP contribution in [0.1, 0.15) is 16.9 Å². The highest BCUT2D eigenvalue weighted by Gasteiger charge is 2.50. The number of aliphatic hydroxyl groups excluding tert-OH is 2. The molecule has 1 amide bonds. The van der Waals surface area contributed by atoms with E-state index in [1.807, 2.05) is 42.6 Å². The smallest absolute Gasteiger partial charge is 0.224 e. The Balaban J connectivity index is 1.46. The minimum atomic E-state index is -0.991. The molecule has 4 rings (SSSR count). The SMILES string of the molecule is Cc1ccc(NC2=N[C@H]3[C@@H](O)[C@H](O)C[C@H](C(=O)NCc4cccs4)[C@H]3S2)cc1Cl. The van der Waals surface area contributed by atoms with Crippen LogP contribution in [0.3, 0.4) is 0 Å². The van der Waals surface area contributed by atoms with Gasteiger partial charge in [0.25, 0.3) is 0 Å². The Morgan fingerprint density at radius 1 is 1.34 bits per heavy atom. The summed E-state index contributed by atoms with van der Waals surface area (Å²) in [6.07, 6.45) is -1.76. The molecule has 1 aliphatic heterocycles. The lowest BCUT2D eigenvalue weighted by Crippen LogP contribution is -2.53. The molecular weight excluding hydrogens is 430 g/mol. The normalized spacial score (nSPS) is 28.6. The molecule has 2 aromatic rings. The number of nitrogens with zero attached hydrogens (tertiary/aromatic N) is 1. The van der Waals surface area contributed by atoms with Gasteiger partial charge in [-0.3, -0.25) is 9.79 Å². The number of amidine groups is 1. The second-order valence-electron chi connectivity index (χ2n) is 7.29. The Morgan fingerprint density at radius 2 is 2.17 bits per heavy atom. The number of halogens is 1. The van der Waals surface area contributed by atoms with Gasteiger partial charge in [0.2, 0.25) is 5.91 Å². The van der Waals surface area contributed by atoms with Crippen LogP contribution in [0.4, 0.5) is 5.69 Å². The van der Waals surface area contributed by atoms with Crippen LogP contribution in [-0.2, 0) is 11.3 Å². The number of aryl methyl sites for hydroxylation is 1. The predicted octanol–water partition coefficient (Wildman–Crippen LogP) is 3.02. The minimum Gasteiger partial charge on any atom is -0.390 e. The summed E-state index contributed by atoms with van der Waals surface area (Å²) in [5.74, 6) is -0.560. The number of hydrogen-bond acceptors (Lipinski definition) is 7. The maximum absolute atomic E-state index is 12.8. The number of thiophene rings is 1. The molecule has 6 nitrogen and oxygen atoms in total. The number of carbonyl (C=O) groups excluding carboxylic acids is 1. The van der Waals surface area contributed by atoms with Crippen molar-refractivity contribution in [2.24, 2.45) is 10.9 Å². The van der Waals surface area contributed by atoms with E-state index in [-0.39, 0.29) is 17.6 Å². The molecular formula is C20H22ClN3O3S2. The van der Waals surface area contributed by atoms with E-state index >= 15 is 0 Å². The van der Waals surface area contributed by atoms with Crippen molar-refractivity contribution < 1.29 is 15.0 Å². The average molecular weight is 452 g/mol. The summed E-state index contributed by atoms with van der Waals surface area (Å²) >= 11 is 9.21. The van der Waals surface area contributed by atoms with Crippen molar-refractivity contribution in [2.45, 2.75) is 43.4 Å². The summed E-state index contributed by atoms with van der Waals surface area (Å²) in [6, 6.07) is 9.01. The molecule has 2 aliphatic rings. The zero-order valence-corrected chi connectivity index (χ0v) is 18.1. The number of thioether (sulfide) groups is 1. The number of carbonyl (C=O) groups is 1. The van der Waals surface area contributed by atoms with Gasteiger partial charge in [-0.2, -0.15) is 0 Å². The molecule has 2 heterocycles. The summed E-state index contributed by atoms with van der Waals surface area (Å²) in [4.78, 5) is 18.5. The van der Waals surface area contributed by atoms with Gasteiger partial charge in [-0.25, -0.2) is 0 Å². The van der Waals surface area contributed by atoms with Gasteiger partial charge in [0.1, 0.15) is 6.10 Å². The molecule has 0 spiro atoms. The summed E-state index contributed by atoms with van der Waals surface area (Å²) in [5, 5.41) is 29.9. The molecule has 0 saturated heterocycles. The number of anilines is 1. The first-order valence-corrected chi connectivity index (χ1v) is 11.5. The molecule has 4 N–H and O–H groups in total. The van der Waals surface area contributed by atoms with Crippen LogP contribution in [0.15, 0.2) is 40.7 Å². The lowest BCUT2D eigenvalue weighted by Gasteiger charge is -2.37. The van der Waals surface area contributed by atoms with Crippen molar-refractivity contribution in [2.75, 3.05) is 5.32 Å². The molecule has 1 aliphatic carbocycles. The van der Waals surface area contributed by atoms with Gasteiger partial charge in [0.05, 0.1) is 24.6 Å². The fourth-order valence-electron chi connectivity index (χ4n) is 3.62. The number of rotatable bonds is 4. The quantitative estimate of drug-likeness (QED) is 0.573. The molecule has 29 heavy (non-hydrogen) atoms. The maximum Gasteiger partial charge on any atom is 0.224 e. The molecule has 1 saturated carbocycles. The van der Waals surface area contributed by atoms with E-state index in [2.05, 4.69) is 15.6 Å². The van der Waals surface area contributed by atoms with Crippen molar-refractivity contribution >= 4 is 51.5 Å². The molecule has 9 heteroatoms. The zero-order valence-electron chi connectivity index (χ0n) is 15.7. The summed E-state index contributed by atoms with van der Waals surface area (Å²) in [7, 11) is 0. The van der Waals surface area contributed by atoms with E-state index in [0.29, 0.717) is 16.7 Å². The second kappa shape index (κ2) is 8.65. The van der Waals surface area contributed by atoms with Gasteiger partial charge in [-0.15, -0.1) is 11.3 Å². The molecule has 1 aromatic carbocycles. The Bertz CT molecular complexity index is 922. The maximum atomic E-state index is 12.8. The number of aliphatic hydroxyl groups is 2. The third kappa shape index (κ3) is 4.46. The summed E-state index contributed by atoms with van der Waals surface area (Å²) in [5.41, 5.74) is 1.77. The number of aliphatic imine (C=N–C) groups is 1. The number of amides is 1. The summed E-state index contributed by atoms with van der Waals surface area (Å²) < 4.78 is 0. The minimum absolute atomic E-state index is 0.123. The monoisotopic (exact) mass is 451 g/mol. The van der Waals surface area contributed by atoms with Crippen molar-refractivity contribution in [3.05, 3.63) is 51.2 Å². The Labute approximate surface area is 182 Å². The standard InChI is InChI=1S/C20H22ClN3O3S2/c1-10-4-5-11(7-14(10)21)23-20-24-16-17(26)15(25)8-13(18(16)29-20)19(27)22-9-12-3-2-6-28-12/h2-7,13,15-18,25-26H,8-9H2,1H3,(H,22,27)(H,23,24)/t13-,15+,16-,17-,18+/m0/s1. The van der Waals surface area contributed by atoms with Crippen LogP contribution in [-0.4, -0.2) is 44.8 Å². The van der Waals surface area contributed by atoms with E-state index < -0.39 is 24.2 Å². The van der Waals surface area contributed by atoms with E-state index in [9.17, 15) is 15.0 Å². The lowest BCUT2D eigenvalue weighted by atomic mass is 9.81. The van der Waals surface area contributed by atoms with Gasteiger partial charge in [-0.05, 0) is 42.5 Å². The molecule has 0 radical (unpaired) electrons. The highest BCUT2D eigenvalue weighted by Crippen LogP contribution is 2.41. The van der Waals surface area contributed by atoms with Crippen molar-refractivity contribution in [3.63, 3.8) is 0 Å². The van der Waals surface area contributed by atoms with Crippen LogP contribution < -0.4 is 10.6 Å². The molecule has 1 aromatic heterocycles. The largest absolute Gasteiger partial charge is 0.390 e. The van der Waals surface area contributed by atoms with Gasteiger partial charge in [-0.1, -0.05) is 35.5 Å².